The number of halogens is 1. The van der Waals surface area contributed by atoms with Crippen molar-refractivity contribution in [2.45, 2.75) is 6.61 Å². The topological polar surface area (TPSA) is 70.4 Å². The van der Waals surface area contributed by atoms with Gasteiger partial charge in [-0.25, -0.2) is 17.4 Å². The summed E-state index contributed by atoms with van der Waals surface area (Å²) in [5.74, 6) is 1.39. The van der Waals surface area contributed by atoms with Gasteiger partial charge in [0.1, 0.15) is 6.61 Å². The molecule has 0 aliphatic heterocycles. The zero-order valence-electron chi connectivity index (χ0n) is 14.2. The Labute approximate surface area is 160 Å². The Bertz CT molecular complexity index is 1010. The van der Waals surface area contributed by atoms with Gasteiger partial charge in [0.05, 0.1) is 13.4 Å². The van der Waals surface area contributed by atoms with E-state index in [4.69, 9.17) is 9.47 Å². The molecule has 0 fully saturated rings. The Hall–Kier alpha value is -2.32. The monoisotopic (exact) mass is 436 g/mol. The molecule has 0 aliphatic rings. The van der Waals surface area contributed by atoms with Crippen molar-refractivity contribution in [2.75, 3.05) is 13.4 Å². The number of ether oxygens (including phenoxy) is 2. The fourth-order valence-corrected chi connectivity index (χ4v) is 3.44. The highest BCUT2D eigenvalue weighted by Crippen LogP contribution is 2.33. The smallest absolute Gasteiger partial charge is 0.237 e. The van der Waals surface area contributed by atoms with Crippen molar-refractivity contribution < 1.29 is 17.9 Å². The van der Waals surface area contributed by atoms with Crippen LogP contribution < -0.4 is 9.47 Å². The number of hydrogen-bond acceptors (Lipinski definition) is 5. The predicted molar refractivity (Wildman–Crippen MR) is 103 cm³/mol. The number of aromatic nitrogens is 2. The van der Waals surface area contributed by atoms with Gasteiger partial charge in [-0.1, -0.05) is 28.1 Å². The summed E-state index contributed by atoms with van der Waals surface area (Å²) in [5, 5.41) is 0. The van der Waals surface area contributed by atoms with Crippen molar-refractivity contribution in [3.8, 4) is 22.9 Å². The van der Waals surface area contributed by atoms with Gasteiger partial charge in [-0.3, -0.25) is 0 Å². The van der Waals surface area contributed by atoms with Crippen LogP contribution in [0.5, 0.6) is 11.5 Å². The predicted octanol–water partition coefficient (Wildman–Crippen LogP) is 3.71. The molecule has 0 N–H and O–H groups in total. The molecule has 1 aromatic heterocycles. The standard InChI is InChI=1S/C18H17BrN2O4S/c1-24-17-11-14(18-20-9-10-21(18)26(2,22)23)5-8-16(17)25-12-13-3-6-15(19)7-4-13/h3-11H,12H2,1-2H3. The summed E-state index contributed by atoms with van der Waals surface area (Å²) in [6.45, 7) is 0.390. The molecule has 136 valence electrons. The van der Waals surface area contributed by atoms with Gasteiger partial charge in [0, 0.05) is 22.4 Å². The van der Waals surface area contributed by atoms with Crippen LogP contribution in [0.4, 0.5) is 0 Å². The minimum Gasteiger partial charge on any atom is -0.493 e. The molecule has 0 saturated carbocycles. The lowest BCUT2D eigenvalue weighted by Crippen LogP contribution is -2.10. The Morgan fingerprint density at radius 3 is 2.50 bits per heavy atom. The Balaban J connectivity index is 1.86. The highest BCUT2D eigenvalue weighted by atomic mass is 79.9. The molecule has 0 spiro atoms. The highest BCUT2D eigenvalue weighted by Gasteiger charge is 2.15. The van der Waals surface area contributed by atoms with Crippen LogP contribution in [0.25, 0.3) is 11.4 Å². The molecule has 0 radical (unpaired) electrons. The molecule has 0 bridgehead atoms. The van der Waals surface area contributed by atoms with Gasteiger partial charge in [0.25, 0.3) is 0 Å². The molecule has 6 nitrogen and oxygen atoms in total. The number of imidazole rings is 1. The van der Waals surface area contributed by atoms with Crippen LogP contribution in [0.15, 0.2) is 59.3 Å². The van der Waals surface area contributed by atoms with E-state index in [0.717, 1.165) is 20.3 Å². The molecule has 3 rings (SSSR count). The number of methoxy groups -OCH3 is 1. The lowest BCUT2D eigenvalue weighted by Gasteiger charge is -2.13. The van der Waals surface area contributed by atoms with Crippen molar-refractivity contribution in [3.63, 3.8) is 0 Å². The van der Waals surface area contributed by atoms with E-state index < -0.39 is 10.0 Å². The summed E-state index contributed by atoms with van der Waals surface area (Å²) < 4.78 is 37.1. The van der Waals surface area contributed by atoms with Gasteiger partial charge in [-0.2, -0.15) is 0 Å². The maximum absolute atomic E-state index is 11.9. The van der Waals surface area contributed by atoms with E-state index in [-0.39, 0.29) is 0 Å². The molecule has 1 heterocycles. The summed E-state index contributed by atoms with van der Waals surface area (Å²) in [6, 6.07) is 13.0. The first-order chi connectivity index (χ1) is 12.4. The third-order valence-electron chi connectivity index (χ3n) is 3.69. The largest absolute Gasteiger partial charge is 0.493 e. The lowest BCUT2D eigenvalue weighted by molar-refractivity contribution is 0.284. The quantitative estimate of drug-likeness (QED) is 0.588. The zero-order valence-corrected chi connectivity index (χ0v) is 16.6. The first kappa shape index (κ1) is 18.5. The highest BCUT2D eigenvalue weighted by molar-refractivity contribution is 9.10. The summed E-state index contributed by atoms with van der Waals surface area (Å²) in [7, 11) is -1.90. The number of hydrogen-bond donors (Lipinski definition) is 0. The fraction of sp³-hybridized carbons (Fsp3) is 0.167. The van der Waals surface area contributed by atoms with E-state index >= 15 is 0 Å². The summed E-state index contributed by atoms with van der Waals surface area (Å²) >= 11 is 3.40. The maximum atomic E-state index is 11.9. The van der Waals surface area contributed by atoms with Crippen molar-refractivity contribution in [1.82, 2.24) is 8.96 Å². The van der Waals surface area contributed by atoms with Gasteiger partial charge in [-0.15, -0.1) is 0 Å². The number of benzene rings is 2. The molecule has 0 saturated heterocycles. The molecule has 3 aromatic rings. The minimum absolute atomic E-state index is 0.324. The van der Waals surface area contributed by atoms with E-state index in [9.17, 15) is 8.42 Å². The first-order valence-corrected chi connectivity index (χ1v) is 10.3. The van der Waals surface area contributed by atoms with Crippen LogP contribution in [-0.4, -0.2) is 30.7 Å². The van der Waals surface area contributed by atoms with E-state index in [1.54, 1.807) is 18.2 Å². The van der Waals surface area contributed by atoms with Crippen molar-refractivity contribution in [2.24, 2.45) is 0 Å². The molecular weight excluding hydrogens is 420 g/mol. The zero-order chi connectivity index (χ0) is 18.7. The van der Waals surface area contributed by atoms with E-state index in [2.05, 4.69) is 20.9 Å². The maximum Gasteiger partial charge on any atom is 0.237 e. The summed E-state index contributed by atoms with van der Waals surface area (Å²) in [4.78, 5) is 4.14. The molecule has 8 heteroatoms. The molecule has 0 aliphatic carbocycles. The summed E-state index contributed by atoms with van der Waals surface area (Å²) in [5.41, 5.74) is 1.64. The van der Waals surface area contributed by atoms with Crippen LogP contribution in [0.1, 0.15) is 5.56 Å². The molecule has 0 amide bonds. The number of nitrogens with zero attached hydrogens (tertiary/aromatic N) is 2. The number of rotatable bonds is 6. The van der Waals surface area contributed by atoms with Gasteiger partial charge < -0.3 is 9.47 Å². The van der Waals surface area contributed by atoms with Gasteiger partial charge in [-0.05, 0) is 35.9 Å². The average Bonchev–Trinajstić information content (AvgIpc) is 3.11. The molecule has 2 aromatic carbocycles. The third kappa shape index (κ3) is 4.08. The second-order valence-electron chi connectivity index (χ2n) is 5.59. The summed E-state index contributed by atoms with van der Waals surface area (Å²) in [6.07, 6.45) is 3.99. The van der Waals surface area contributed by atoms with Crippen LogP contribution in [-0.2, 0) is 16.6 Å². The Morgan fingerprint density at radius 2 is 1.85 bits per heavy atom. The Kier molecular flexibility index (Phi) is 5.33. The van der Waals surface area contributed by atoms with E-state index in [1.807, 2.05) is 24.3 Å². The van der Waals surface area contributed by atoms with Gasteiger partial charge in [0.15, 0.2) is 17.3 Å². The molecule has 26 heavy (non-hydrogen) atoms. The lowest BCUT2D eigenvalue weighted by atomic mass is 10.2. The fourth-order valence-electron chi connectivity index (χ4n) is 2.43. The van der Waals surface area contributed by atoms with Gasteiger partial charge in [0.2, 0.25) is 10.0 Å². The molecule has 0 unspecified atom stereocenters. The second kappa shape index (κ2) is 7.51. The van der Waals surface area contributed by atoms with Crippen LogP contribution in [0.2, 0.25) is 0 Å². The normalized spacial score (nSPS) is 11.3. The third-order valence-corrected chi connectivity index (χ3v) is 5.23. The van der Waals surface area contributed by atoms with E-state index in [1.165, 1.54) is 19.5 Å². The van der Waals surface area contributed by atoms with Crippen molar-refractivity contribution >= 4 is 26.0 Å². The second-order valence-corrected chi connectivity index (χ2v) is 8.37. The van der Waals surface area contributed by atoms with Crippen LogP contribution in [0, 0.1) is 0 Å². The van der Waals surface area contributed by atoms with Crippen molar-refractivity contribution in [1.29, 1.82) is 0 Å². The van der Waals surface area contributed by atoms with E-state index in [0.29, 0.717) is 29.5 Å². The SMILES string of the molecule is COc1cc(-c2nccn2S(C)(=O)=O)ccc1OCc1ccc(Br)cc1. The van der Waals surface area contributed by atoms with Crippen LogP contribution >= 0.6 is 15.9 Å². The molecular formula is C18H17BrN2O4S. The average molecular weight is 437 g/mol. The molecule has 0 atom stereocenters. The van der Waals surface area contributed by atoms with Gasteiger partial charge >= 0.3 is 0 Å². The minimum atomic E-state index is -3.44. The van der Waals surface area contributed by atoms with Crippen molar-refractivity contribution in [3.05, 3.63) is 64.9 Å². The van der Waals surface area contributed by atoms with Crippen LogP contribution in [0.3, 0.4) is 0 Å². The Morgan fingerprint density at radius 1 is 1.12 bits per heavy atom. The first-order valence-electron chi connectivity index (χ1n) is 7.68.